The summed E-state index contributed by atoms with van der Waals surface area (Å²) in [5.41, 5.74) is 10.2. The van der Waals surface area contributed by atoms with Gasteiger partial charge in [0.05, 0.1) is 12.1 Å². The molecule has 1 saturated heterocycles. The third-order valence-electron chi connectivity index (χ3n) is 10.1. The van der Waals surface area contributed by atoms with Gasteiger partial charge in [0.1, 0.15) is 0 Å². The van der Waals surface area contributed by atoms with Crippen LogP contribution in [0.25, 0.3) is 5.57 Å². The largest absolute Gasteiger partial charge is 0.488 e. The SMILES string of the molecule is OB(O)c1ccc(N2C3CC=CC=C3C3CC(C4=CCC5C(=C4)c4ccccc4N5c4ccccc4)CC(I)C32)cc1. The third-order valence-corrected chi connectivity index (χ3v) is 11.4. The summed E-state index contributed by atoms with van der Waals surface area (Å²) in [6.07, 6.45) is 16.4. The van der Waals surface area contributed by atoms with Gasteiger partial charge in [-0.25, -0.2) is 0 Å². The Kier molecular flexibility index (Phi) is 6.69. The molecule has 3 aromatic carbocycles. The van der Waals surface area contributed by atoms with Crippen molar-refractivity contribution in [1.29, 1.82) is 0 Å². The number of nitrogens with zero attached hydrogens (tertiary/aromatic N) is 2. The maximum absolute atomic E-state index is 9.64. The molecule has 210 valence electrons. The summed E-state index contributed by atoms with van der Waals surface area (Å²) in [7, 11) is -1.43. The van der Waals surface area contributed by atoms with E-state index in [2.05, 4.69) is 130 Å². The molecule has 6 atom stereocenters. The second-order valence-corrected chi connectivity index (χ2v) is 13.9. The number of allylic oxidation sites excluding steroid dienone is 4. The fraction of sp³-hybridized carbons (Fsp3) is 0.278. The van der Waals surface area contributed by atoms with Crippen LogP contribution in [0.1, 0.15) is 31.2 Å². The van der Waals surface area contributed by atoms with E-state index in [0.29, 0.717) is 39.3 Å². The van der Waals surface area contributed by atoms with Crippen LogP contribution in [-0.4, -0.2) is 39.2 Å². The highest BCUT2D eigenvalue weighted by molar-refractivity contribution is 14.1. The number of benzene rings is 3. The maximum Gasteiger partial charge on any atom is 0.488 e. The second-order valence-electron chi connectivity index (χ2n) is 12.3. The molecule has 42 heavy (non-hydrogen) atoms. The molecule has 2 heterocycles. The van der Waals surface area contributed by atoms with E-state index in [9.17, 15) is 10.0 Å². The van der Waals surface area contributed by atoms with E-state index in [1.54, 1.807) is 5.57 Å². The summed E-state index contributed by atoms with van der Waals surface area (Å²) in [6.45, 7) is 0. The number of alkyl halides is 1. The minimum Gasteiger partial charge on any atom is -0.423 e. The van der Waals surface area contributed by atoms with E-state index in [1.165, 1.54) is 46.6 Å². The van der Waals surface area contributed by atoms with Crippen molar-refractivity contribution in [2.75, 3.05) is 9.80 Å². The third kappa shape index (κ3) is 4.25. The average molecular weight is 664 g/mol. The van der Waals surface area contributed by atoms with E-state index in [0.717, 1.165) is 12.8 Å². The highest BCUT2D eigenvalue weighted by Gasteiger charge is 2.51. The Morgan fingerprint density at radius 2 is 1.60 bits per heavy atom. The molecule has 2 N–H and O–H groups in total. The molecule has 6 unspecified atom stereocenters. The maximum atomic E-state index is 9.64. The Balaban J connectivity index is 1.11. The Morgan fingerprint density at radius 1 is 0.810 bits per heavy atom. The Hall–Kier alpha value is -3.07. The van der Waals surface area contributed by atoms with Gasteiger partial charge in [0, 0.05) is 38.5 Å². The van der Waals surface area contributed by atoms with Crippen LogP contribution < -0.4 is 15.3 Å². The van der Waals surface area contributed by atoms with Crippen molar-refractivity contribution >= 4 is 57.8 Å². The first-order chi connectivity index (χ1) is 20.6. The summed E-state index contributed by atoms with van der Waals surface area (Å²) in [5.74, 6) is 1.05. The van der Waals surface area contributed by atoms with Crippen LogP contribution in [0.15, 0.2) is 120 Å². The minimum atomic E-state index is -1.43. The molecule has 4 nitrogen and oxygen atoms in total. The number of hydrogen-bond donors (Lipinski definition) is 2. The van der Waals surface area contributed by atoms with Crippen LogP contribution in [0.2, 0.25) is 0 Å². The van der Waals surface area contributed by atoms with E-state index in [1.807, 2.05) is 12.1 Å². The molecule has 3 aromatic rings. The predicted octanol–water partition coefficient (Wildman–Crippen LogP) is 6.57. The van der Waals surface area contributed by atoms with E-state index < -0.39 is 7.12 Å². The molecule has 0 amide bonds. The summed E-state index contributed by atoms with van der Waals surface area (Å²) in [4.78, 5) is 5.18. The fourth-order valence-corrected chi connectivity index (χ4v) is 9.80. The van der Waals surface area contributed by atoms with Crippen LogP contribution in [-0.2, 0) is 0 Å². The quantitative estimate of drug-likeness (QED) is 0.188. The summed E-state index contributed by atoms with van der Waals surface area (Å²) in [5, 5.41) is 19.3. The molecule has 8 rings (SSSR count). The van der Waals surface area contributed by atoms with Gasteiger partial charge in [-0.15, -0.1) is 0 Å². The number of hydrogen-bond acceptors (Lipinski definition) is 4. The van der Waals surface area contributed by atoms with Crippen LogP contribution in [0.4, 0.5) is 17.1 Å². The molecule has 0 radical (unpaired) electrons. The zero-order chi connectivity index (χ0) is 28.4. The van der Waals surface area contributed by atoms with Crippen molar-refractivity contribution in [3.63, 3.8) is 0 Å². The Bertz CT molecular complexity index is 1630. The van der Waals surface area contributed by atoms with Gasteiger partial charge in [0.25, 0.3) is 0 Å². The normalized spacial score (nSPS) is 29.2. The number of rotatable bonds is 4. The number of para-hydroxylation sites is 2. The molecular formula is C36H34BIN2O2. The van der Waals surface area contributed by atoms with E-state index in [-0.39, 0.29) is 0 Å². The molecule has 3 aliphatic carbocycles. The van der Waals surface area contributed by atoms with Gasteiger partial charge in [-0.1, -0.05) is 102 Å². The van der Waals surface area contributed by atoms with Crippen LogP contribution >= 0.6 is 22.6 Å². The van der Waals surface area contributed by atoms with Gasteiger partial charge in [-0.05, 0) is 84.1 Å². The number of anilines is 3. The van der Waals surface area contributed by atoms with Gasteiger partial charge >= 0.3 is 7.12 Å². The van der Waals surface area contributed by atoms with Gasteiger partial charge in [-0.3, -0.25) is 0 Å². The first-order valence-electron chi connectivity index (χ1n) is 15.2. The zero-order valence-corrected chi connectivity index (χ0v) is 25.6. The van der Waals surface area contributed by atoms with Crippen LogP contribution in [0.3, 0.4) is 0 Å². The van der Waals surface area contributed by atoms with Gasteiger partial charge in [0.2, 0.25) is 0 Å². The van der Waals surface area contributed by atoms with Crippen molar-refractivity contribution < 1.29 is 10.0 Å². The van der Waals surface area contributed by atoms with Crippen molar-refractivity contribution in [2.45, 2.75) is 47.7 Å². The second kappa shape index (κ2) is 10.6. The van der Waals surface area contributed by atoms with Crippen molar-refractivity contribution in [3.05, 3.63) is 126 Å². The number of halogens is 1. The molecule has 0 aromatic heterocycles. The lowest BCUT2D eigenvalue weighted by Gasteiger charge is -2.42. The molecule has 5 aliphatic rings. The van der Waals surface area contributed by atoms with Crippen molar-refractivity contribution in [3.8, 4) is 0 Å². The van der Waals surface area contributed by atoms with Crippen molar-refractivity contribution in [1.82, 2.24) is 0 Å². The lowest BCUT2D eigenvalue weighted by atomic mass is 9.71. The molecule has 6 heteroatoms. The zero-order valence-electron chi connectivity index (χ0n) is 23.4. The summed E-state index contributed by atoms with van der Waals surface area (Å²) >= 11 is 2.73. The predicted molar refractivity (Wildman–Crippen MR) is 182 cm³/mol. The van der Waals surface area contributed by atoms with Crippen LogP contribution in [0.5, 0.6) is 0 Å². The van der Waals surface area contributed by atoms with Gasteiger partial charge in [0.15, 0.2) is 0 Å². The topological polar surface area (TPSA) is 46.9 Å². The molecule has 0 spiro atoms. The highest BCUT2D eigenvalue weighted by atomic mass is 127. The standard InChI is InChI=1S/C36H34BIN2O2/c38-32-22-24(21-31-29-11-5-7-13-34(29)40(36(31)32)27-17-15-25(16-18-27)37(41)42)23-14-19-35-30(20-23)28-10-4-6-12-33(28)39(35)26-8-2-1-3-9-26/h1-12,14-18,20,24,31-32,34-36,41-42H,13,19,21-22H2. The molecule has 2 aliphatic heterocycles. The first-order valence-corrected chi connectivity index (χ1v) is 16.4. The Labute approximate surface area is 262 Å². The van der Waals surface area contributed by atoms with E-state index >= 15 is 0 Å². The molecule has 1 saturated carbocycles. The number of fused-ring (bicyclic) bond motifs is 6. The molecule has 2 fully saturated rings. The Morgan fingerprint density at radius 3 is 2.40 bits per heavy atom. The van der Waals surface area contributed by atoms with Crippen molar-refractivity contribution in [2.24, 2.45) is 11.8 Å². The fourth-order valence-electron chi connectivity index (χ4n) is 8.34. The smallest absolute Gasteiger partial charge is 0.423 e. The van der Waals surface area contributed by atoms with Crippen LogP contribution in [0, 0.1) is 11.8 Å². The van der Waals surface area contributed by atoms with Gasteiger partial charge in [-0.2, -0.15) is 0 Å². The highest BCUT2D eigenvalue weighted by Crippen LogP contribution is 2.54. The molecule has 0 bridgehead atoms. The summed E-state index contributed by atoms with van der Waals surface area (Å²) in [6, 6.07) is 28.8. The lowest BCUT2D eigenvalue weighted by Crippen LogP contribution is -2.47. The first kappa shape index (κ1) is 26.6. The monoisotopic (exact) mass is 664 g/mol. The van der Waals surface area contributed by atoms with E-state index in [4.69, 9.17) is 0 Å². The summed E-state index contributed by atoms with van der Waals surface area (Å²) < 4.78 is 0.509. The average Bonchev–Trinajstić information content (AvgIpc) is 3.54. The minimum absolute atomic E-state index is 0.346. The van der Waals surface area contributed by atoms with Gasteiger partial charge < -0.3 is 19.8 Å². The molecular weight excluding hydrogens is 630 g/mol. The lowest BCUT2D eigenvalue weighted by molar-refractivity contribution is 0.326.